The van der Waals surface area contributed by atoms with Crippen LogP contribution in [0.25, 0.3) is 0 Å². The Kier molecular flexibility index (Phi) is 9.00. The second-order valence-electron chi connectivity index (χ2n) is 9.08. The van der Waals surface area contributed by atoms with Crippen LogP contribution in [-0.2, 0) is 32.6 Å². The minimum absolute atomic E-state index is 0.00797. The highest BCUT2D eigenvalue weighted by atomic mass is 32.2. The van der Waals surface area contributed by atoms with E-state index in [0.717, 1.165) is 11.8 Å². The smallest absolute Gasteiger partial charge is 0.335 e. The summed E-state index contributed by atoms with van der Waals surface area (Å²) in [6.07, 6.45) is 1.34. The number of nitrogens with two attached hydrogens (primary N) is 1. The molecule has 1 saturated heterocycles. The number of amidine groups is 1. The molecule has 1 aliphatic heterocycles. The molecule has 0 saturated carbocycles. The Bertz CT molecular complexity index is 1270. The molecule has 1 heterocycles. The van der Waals surface area contributed by atoms with Gasteiger partial charge in [0.15, 0.2) is 0 Å². The van der Waals surface area contributed by atoms with Crippen molar-refractivity contribution in [3.63, 3.8) is 0 Å². The van der Waals surface area contributed by atoms with Crippen LogP contribution >= 0.6 is 0 Å². The number of carbonyl (C=O) groups is 3. The Labute approximate surface area is 215 Å². The summed E-state index contributed by atoms with van der Waals surface area (Å²) in [6, 6.07) is 13.3. The minimum atomic E-state index is -3.80. The van der Waals surface area contributed by atoms with E-state index in [1.54, 1.807) is 12.1 Å². The largest absolute Gasteiger partial charge is 0.478 e. The zero-order chi connectivity index (χ0) is 27.2. The molecule has 1 unspecified atom stereocenters. The van der Waals surface area contributed by atoms with Gasteiger partial charge in [0.25, 0.3) is 0 Å². The van der Waals surface area contributed by atoms with Gasteiger partial charge in [0, 0.05) is 19.0 Å². The van der Waals surface area contributed by atoms with Crippen LogP contribution in [0.15, 0.2) is 54.6 Å². The van der Waals surface area contributed by atoms with Gasteiger partial charge in [0.05, 0.1) is 17.7 Å². The van der Waals surface area contributed by atoms with Crippen molar-refractivity contribution in [1.29, 1.82) is 5.41 Å². The van der Waals surface area contributed by atoms with E-state index in [9.17, 15) is 27.9 Å². The first-order valence-electron chi connectivity index (χ1n) is 11.7. The van der Waals surface area contributed by atoms with Crippen molar-refractivity contribution in [2.45, 2.75) is 37.9 Å². The highest BCUT2D eigenvalue weighted by Crippen LogP contribution is 2.25. The number of likely N-dealkylation sites (tertiary alicyclic amines) is 1. The molecule has 0 aromatic heterocycles. The van der Waals surface area contributed by atoms with Crippen molar-refractivity contribution < 1.29 is 27.9 Å². The van der Waals surface area contributed by atoms with Gasteiger partial charge in [-0.3, -0.25) is 15.0 Å². The third kappa shape index (κ3) is 7.86. The number of benzene rings is 2. The number of carbonyl (C=O) groups excluding carboxylic acids is 2. The number of carboxylic acids is 1. The van der Waals surface area contributed by atoms with Crippen molar-refractivity contribution >= 4 is 33.6 Å². The van der Waals surface area contributed by atoms with Gasteiger partial charge in [-0.15, -0.1) is 0 Å². The molecule has 3 rings (SSSR count). The Morgan fingerprint density at radius 1 is 1.14 bits per heavy atom. The minimum Gasteiger partial charge on any atom is -0.478 e. The van der Waals surface area contributed by atoms with Crippen LogP contribution in [0, 0.1) is 11.3 Å². The lowest BCUT2D eigenvalue weighted by Gasteiger charge is -2.28. The monoisotopic (exact) mass is 529 g/mol. The fourth-order valence-electron chi connectivity index (χ4n) is 4.32. The van der Waals surface area contributed by atoms with E-state index in [1.807, 2.05) is 30.3 Å². The molecule has 198 valence electrons. The average Bonchev–Trinajstić information content (AvgIpc) is 3.31. The molecule has 2 aromatic carbocycles. The fourth-order valence-corrected chi connectivity index (χ4v) is 5.05. The van der Waals surface area contributed by atoms with E-state index >= 15 is 0 Å². The number of aryl methyl sites for hydroxylation is 1. The molecule has 37 heavy (non-hydrogen) atoms. The van der Waals surface area contributed by atoms with Gasteiger partial charge in [0.1, 0.15) is 12.1 Å². The lowest BCUT2D eigenvalue weighted by Crippen LogP contribution is -2.53. The highest BCUT2D eigenvalue weighted by molar-refractivity contribution is 7.88. The molecule has 1 aliphatic rings. The van der Waals surface area contributed by atoms with Gasteiger partial charge in [-0.1, -0.05) is 42.5 Å². The summed E-state index contributed by atoms with van der Waals surface area (Å²) < 4.78 is 26.5. The normalized spacial score (nSPS) is 18.2. The molecule has 6 N–H and O–H groups in total. The molecule has 0 spiro atoms. The van der Waals surface area contributed by atoms with Crippen LogP contribution in [0.3, 0.4) is 0 Å². The van der Waals surface area contributed by atoms with E-state index in [2.05, 4.69) is 10.0 Å². The summed E-state index contributed by atoms with van der Waals surface area (Å²) in [5.74, 6) is -2.83. The SMILES string of the molecule is CS(=O)(=O)N[C@H](CCc1cccc(C(=O)O)c1)C(=O)N1CC(C(=N)N)C[C@H]1C(=O)NCc1ccccc1. The van der Waals surface area contributed by atoms with E-state index in [-0.39, 0.29) is 43.8 Å². The van der Waals surface area contributed by atoms with Crippen LogP contribution < -0.4 is 15.8 Å². The lowest BCUT2D eigenvalue weighted by molar-refractivity contribution is -0.139. The van der Waals surface area contributed by atoms with Crippen LogP contribution in [0.2, 0.25) is 0 Å². The van der Waals surface area contributed by atoms with Gasteiger partial charge < -0.3 is 21.1 Å². The highest BCUT2D eigenvalue weighted by Gasteiger charge is 2.43. The summed E-state index contributed by atoms with van der Waals surface area (Å²) in [6.45, 7) is 0.252. The van der Waals surface area contributed by atoms with Crippen LogP contribution in [0.4, 0.5) is 0 Å². The second kappa shape index (κ2) is 12.0. The Morgan fingerprint density at radius 3 is 2.43 bits per heavy atom. The molecular formula is C25H31N5O6S. The number of nitrogens with zero attached hydrogens (tertiary/aromatic N) is 1. The quantitative estimate of drug-likeness (QED) is 0.210. The predicted octanol–water partition coefficient (Wildman–Crippen LogP) is 0.705. The van der Waals surface area contributed by atoms with Crippen molar-refractivity contribution in [1.82, 2.24) is 14.9 Å². The van der Waals surface area contributed by atoms with Gasteiger partial charge in [-0.05, 0) is 42.5 Å². The first-order valence-corrected chi connectivity index (χ1v) is 13.6. The fraction of sp³-hybridized carbons (Fsp3) is 0.360. The van der Waals surface area contributed by atoms with Crippen molar-refractivity contribution in [2.24, 2.45) is 11.7 Å². The maximum Gasteiger partial charge on any atom is 0.335 e. The maximum absolute atomic E-state index is 13.6. The van der Waals surface area contributed by atoms with E-state index in [4.69, 9.17) is 11.1 Å². The molecular weight excluding hydrogens is 498 g/mol. The number of sulfonamides is 1. The third-order valence-electron chi connectivity index (χ3n) is 6.19. The molecule has 0 radical (unpaired) electrons. The Hall–Kier alpha value is -3.77. The van der Waals surface area contributed by atoms with Crippen LogP contribution in [0.5, 0.6) is 0 Å². The van der Waals surface area contributed by atoms with Gasteiger partial charge >= 0.3 is 5.97 Å². The summed E-state index contributed by atoms with van der Waals surface area (Å²) in [5.41, 5.74) is 7.26. The number of carboxylic acid groups (broad SMARTS) is 1. The maximum atomic E-state index is 13.6. The average molecular weight is 530 g/mol. The summed E-state index contributed by atoms with van der Waals surface area (Å²) in [5, 5.41) is 19.9. The number of hydrogen-bond donors (Lipinski definition) is 5. The number of amides is 2. The molecule has 12 heteroatoms. The molecule has 0 aliphatic carbocycles. The van der Waals surface area contributed by atoms with Crippen molar-refractivity contribution in [2.75, 3.05) is 12.8 Å². The van der Waals surface area contributed by atoms with E-state index in [0.29, 0.717) is 5.56 Å². The van der Waals surface area contributed by atoms with E-state index < -0.39 is 45.8 Å². The predicted molar refractivity (Wildman–Crippen MR) is 137 cm³/mol. The summed E-state index contributed by atoms with van der Waals surface area (Å²) in [7, 11) is -3.80. The second-order valence-corrected chi connectivity index (χ2v) is 10.9. The van der Waals surface area contributed by atoms with Gasteiger partial charge in [0.2, 0.25) is 21.8 Å². The number of rotatable bonds is 11. The molecule has 0 bridgehead atoms. The molecule has 2 amide bonds. The molecule has 3 atom stereocenters. The summed E-state index contributed by atoms with van der Waals surface area (Å²) in [4.78, 5) is 39.2. The molecule has 1 fully saturated rings. The van der Waals surface area contributed by atoms with Gasteiger partial charge in [-0.2, -0.15) is 0 Å². The van der Waals surface area contributed by atoms with Crippen LogP contribution in [-0.4, -0.2) is 66.9 Å². The summed E-state index contributed by atoms with van der Waals surface area (Å²) >= 11 is 0. The number of aromatic carboxylic acids is 1. The van der Waals surface area contributed by atoms with Gasteiger partial charge in [-0.25, -0.2) is 17.9 Å². The number of nitrogens with one attached hydrogen (secondary N) is 3. The van der Waals surface area contributed by atoms with E-state index in [1.165, 1.54) is 17.0 Å². The molecule has 2 aromatic rings. The Morgan fingerprint density at radius 2 is 1.81 bits per heavy atom. The standard InChI is InChI=1S/C25H31N5O6S/c1-37(35,36)29-20(11-10-16-8-5-9-18(12-16)25(33)34)24(32)30-15-19(22(26)27)13-21(30)23(31)28-14-17-6-3-2-4-7-17/h2-9,12,19-21,29H,10-11,13-15H2,1H3,(H3,26,27)(H,28,31)(H,33,34)/t19?,20-,21+/m1/s1. The first kappa shape index (κ1) is 27.8. The van der Waals surface area contributed by atoms with Crippen molar-refractivity contribution in [3.8, 4) is 0 Å². The topological polar surface area (TPSA) is 183 Å². The van der Waals surface area contributed by atoms with Crippen LogP contribution in [0.1, 0.15) is 34.3 Å². The van der Waals surface area contributed by atoms with Crippen molar-refractivity contribution in [3.05, 3.63) is 71.3 Å². The molecule has 11 nitrogen and oxygen atoms in total. The zero-order valence-electron chi connectivity index (χ0n) is 20.4. The number of hydrogen-bond acceptors (Lipinski definition) is 6. The first-order chi connectivity index (χ1) is 17.4. The third-order valence-corrected chi connectivity index (χ3v) is 6.90. The zero-order valence-corrected chi connectivity index (χ0v) is 21.2. The Balaban J connectivity index is 1.79. The lowest BCUT2D eigenvalue weighted by atomic mass is 10.0.